The second kappa shape index (κ2) is 12.2. The molecular formula is C50H31NS2. The van der Waals surface area contributed by atoms with Gasteiger partial charge in [-0.05, 0) is 104 Å². The monoisotopic (exact) mass is 709 g/mol. The van der Waals surface area contributed by atoms with Crippen LogP contribution >= 0.6 is 22.7 Å². The van der Waals surface area contributed by atoms with Crippen LogP contribution in [0.1, 0.15) is 0 Å². The molecule has 11 rings (SSSR count). The molecule has 0 spiro atoms. The van der Waals surface area contributed by atoms with Crippen LogP contribution in [0.5, 0.6) is 0 Å². The predicted octanol–water partition coefficient (Wildman–Crippen LogP) is 15.5. The van der Waals surface area contributed by atoms with Crippen molar-refractivity contribution < 1.29 is 0 Å². The molecule has 0 saturated carbocycles. The molecule has 2 heterocycles. The molecule has 0 aliphatic rings. The Labute approximate surface area is 315 Å². The first-order chi connectivity index (χ1) is 26.2. The maximum Gasteiger partial charge on any atom is 0.0476 e. The molecule has 0 bridgehead atoms. The first kappa shape index (κ1) is 30.4. The lowest BCUT2D eigenvalue weighted by molar-refractivity contribution is 1.29. The Bertz CT molecular complexity index is 3160. The van der Waals surface area contributed by atoms with E-state index in [1.165, 1.54) is 84.1 Å². The van der Waals surface area contributed by atoms with E-state index < -0.39 is 0 Å². The number of fused-ring (bicyclic) bond motifs is 8. The third-order valence-corrected chi connectivity index (χ3v) is 12.9. The lowest BCUT2D eigenvalue weighted by atomic mass is 9.96. The zero-order valence-corrected chi connectivity index (χ0v) is 30.3. The molecule has 0 aliphatic carbocycles. The summed E-state index contributed by atoms with van der Waals surface area (Å²) in [7, 11) is 0. The van der Waals surface area contributed by atoms with Crippen LogP contribution in [0.3, 0.4) is 0 Å². The van der Waals surface area contributed by atoms with Crippen molar-refractivity contribution in [2.24, 2.45) is 0 Å². The highest BCUT2D eigenvalue weighted by molar-refractivity contribution is 7.26. The van der Waals surface area contributed by atoms with Gasteiger partial charge >= 0.3 is 0 Å². The normalized spacial score (nSPS) is 11.8. The van der Waals surface area contributed by atoms with E-state index in [9.17, 15) is 0 Å². The van der Waals surface area contributed by atoms with Crippen molar-refractivity contribution in [3.05, 3.63) is 188 Å². The summed E-state index contributed by atoms with van der Waals surface area (Å²) in [6.07, 6.45) is 0. The highest BCUT2D eigenvalue weighted by atomic mass is 32.1. The molecule has 0 unspecified atom stereocenters. The molecule has 0 atom stereocenters. The van der Waals surface area contributed by atoms with Crippen molar-refractivity contribution in [1.29, 1.82) is 0 Å². The molecule has 11 aromatic rings. The Hall–Kier alpha value is -6.26. The van der Waals surface area contributed by atoms with Gasteiger partial charge in [0, 0.05) is 57.4 Å². The van der Waals surface area contributed by atoms with Gasteiger partial charge in [0.1, 0.15) is 0 Å². The van der Waals surface area contributed by atoms with Gasteiger partial charge in [0.2, 0.25) is 0 Å². The fourth-order valence-electron chi connectivity index (χ4n) is 8.11. The van der Waals surface area contributed by atoms with E-state index in [0.29, 0.717) is 0 Å². The molecule has 1 nitrogen and oxygen atoms in total. The average molecular weight is 710 g/mol. The number of nitrogens with zero attached hydrogens (tertiary/aromatic N) is 1. The molecule has 0 fully saturated rings. The number of anilines is 3. The quantitative estimate of drug-likeness (QED) is 0.172. The van der Waals surface area contributed by atoms with Crippen LogP contribution in [-0.4, -0.2) is 0 Å². The van der Waals surface area contributed by atoms with Crippen molar-refractivity contribution in [3.63, 3.8) is 0 Å². The van der Waals surface area contributed by atoms with Crippen molar-refractivity contribution >= 4 is 102 Å². The summed E-state index contributed by atoms with van der Waals surface area (Å²) in [5.74, 6) is 0. The third kappa shape index (κ3) is 5.04. The molecule has 0 amide bonds. The van der Waals surface area contributed by atoms with E-state index in [1.807, 2.05) is 22.7 Å². The lowest BCUT2D eigenvalue weighted by Crippen LogP contribution is -2.09. The molecule has 3 heteroatoms. The Morgan fingerprint density at radius 3 is 1.45 bits per heavy atom. The summed E-state index contributed by atoms with van der Waals surface area (Å²) in [6.45, 7) is 0. The molecule has 0 aliphatic heterocycles. The van der Waals surface area contributed by atoms with Gasteiger partial charge in [0.25, 0.3) is 0 Å². The molecule has 2 aromatic heterocycles. The number of hydrogen-bond donors (Lipinski definition) is 0. The molecule has 9 aromatic carbocycles. The van der Waals surface area contributed by atoms with Crippen LogP contribution in [0.4, 0.5) is 17.1 Å². The van der Waals surface area contributed by atoms with Gasteiger partial charge in [-0.25, -0.2) is 0 Å². The second-order valence-electron chi connectivity index (χ2n) is 13.7. The van der Waals surface area contributed by atoms with E-state index in [0.717, 1.165) is 17.1 Å². The summed E-state index contributed by atoms with van der Waals surface area (Å²) in [4.78, 5) is 2.39. The maximum absolute atomic E-state index is 2.40. The average Bonchev–Trinajstić information content (AvgIpc) is 3.78. The number of benzene rings is 9. The summed E-state index contributed by atoms with van der Waals surface area (Å²) in [5.41, 5.74) is 8.32. The molecule has 248 valence electrons. The largest absolute Gasteiger partial charge is 0.310 e. The molecule has 53 heavy (non-hydrogen) atoms. The first-order valence-corrected chi connectivity index (χ1v) is 19.6. The summed E-state index contributed by atoms with van der Waals surface area (Å²) in [6, 6.07) is 69.2. The van der Waals surface area contributed by atoms with Crippen molar-refractivity contribution in [2.75, 3.05) is 4.90 Å². The van der Waals surface area contributed by atoms with Crippen LogP contribution in [0, 0.1) is 0 Å². The molecular weight excluding hydrogens is 679 g/mol. The maximum atomic E-state index is 2.40. The number of rotatable bonds is 5. The zero-order valence-electron chi connectivity index (χ0n) is 28.7. The smallest absolute Gasteiger partial charge is 0.0476 e. The van der Waals surface area contributed by atoms with E-state index in [1.54, 1.807) is 0 Å². The van der Waals surface area contributed by atoms with Gasteiger partial charge in [0.15, 0.2) is 0 Å². The standard InChI is InChI=1S/C50H31NS2/c1-2-12-39-32(9-1)10-7-15-40(39)33-19-23-36(24-20-33)51(38-27-28-44-42-13-3-5-17-47(42)53-50(44)30-38)37-25-21-34(22-26-37)41-16-8-11-35-29-49-46(31-45(35)41)43-14-4-6-18-48(43)52-49/h1-31H. The summed E-state index contributed by atoms with van der Waals surface area (Å²) < 4.78 is 5.28. The minimum absolute atomic E-state index is 1.12. The van der Waals surface area contributed by atoms with Crippen LogP contribution in [0.2, 0.25) is 0 Å². The van der Waals surface area contributed by atoms with Crippen LogP contribution < -0.4 is 4.90 Å². The molecule has 0 saturated heterocycles. The first-order valence-electron chi connectivity index (χ1n) is 18.0. The highest BCUT2D eigenvalue weighted by Crippen LogP contribution is 2.43. The predicted molar refractivity (Wildman–Crippen MR) is 233 cm³/mol. The van der Waals surface area contributed by atoms with Crippen LogP contribution in [0.25, 0.3) is 84.1 Å². The van der Waals surface area contributed by atoms with Gasteiger partial charge in [-0.3, -0.25) is 0 Å². The van der Waals surface area contributed by atoms with Crippen molar-refractivity contribution in [2.45, 2.75) is 0 Å². The van der Waals surface area contributed by atoms with Gasteiger partial charge < -0.3 is 4.90 Å². The minimum atomic E-state index is 1.12. The number of thiophene rings is 2. The summed E-state index contributed by atoms with van der Waals surface area (Å²) >= 11 is 3.74. The highest BCUT2D eigenvalue weighted by Gasteiger charge is 2.17. The topological polar surface area (TPSA) is 3.24 Å². The summed E-state index contributed by atoms with van der Waals surface area (Å²) in [5, 5.41) is 10.4. The Morgan fingerprint density at radius 2 is 0.774 bits per heavy atom. The van der Waals surface area contributed by atoms with Gasteiger partial charge in [0.05, 0.1) is 0 Å². The van der Waals surface area contributed by atoms with E-state index in [-0.39, 0.29) is 0 Å². The van der Waals surface area contributed by atoms with E-state index in [2.05, 4.69) is 193 Å². The Morgan fingerprint density at radius 1 is 0.283 bits per heavy atom. The van der Waals surface area contributed by atoms with Crippen LogP contribution in [0.15, 0.2) is 188 Å². The van der Waals surface area contributed by atoms with Crippen molar-refractivity contribution in [3.8, 4) is 22.3 Å². The lowest BCUT2D eigenvalue weighted by Gasteiger charge is -2.26. The van der Waals surface area contributed by atoms with E-state index in [4.69, 9.17) is 0 Å². The SMILES string of the molecule is c1ccc2c(-c3ccc(N(c4ccc(-c5cccc6cc7sc8ccccc8c7cc56)cc4)c4ccc5c(c4)sc4ccccc45)cc3)cccc2c1. The zero-order chi connectivity index (χ0) is 34.9. The van der Waals surface area contributed by atoms with Crippen LogP contribution in [-0.2, 0) is 0 Å². The Balaban J connectivity index is 1.03. The van der Waals surface area contributed by atoms with Gasteiger partial charge in [-0.1, -0.05) is 127 Å². The van der Waals surface area contributed by atoms with E-state index >= 15 is 0 Å². The number of hydrogen-bond acceptors (Lipinski definition) is 3. The second-order valence-corrected chi connectivity index (χ2v) is 15.9. The molecule has 0 radical (unpaired) electrons. The van der Waals surface area contributed by atoms with Gasteiger partial charge in [-0.15, -0.1) is 22.7 Å². The Kier molecular flexibility index (Phi) is 6.97. The molecule has 0 N–H and O–H groups in total. The minimum Gasteiger partial charge on any atom is -0.310 e. The van der Waals surface area contributed by atoms with Crippen molar-refractivity contribution in [1.82, 2.24) is 0 Å². The third-order valence-electron chi connectivity index (χ3n) is 10.7. The fraction of sp³-hybridized carbons (Fsp3) is 0. The van der Waals surface area contributed by atoms with Gasteiger partial charge in [-0.2, -0.15) is 0 Å². The fourth-order valence-corrected chi connectivity index (χ4v) is 10.4.